The van der Waals surface area contributed by atoms with E-state index in [4.69, 9.17) is 4.74 Å². The van der Waals surface area contributed by atoms with Gasteiger partial charge in [-0.1, -0.05) is 51.9 Å². The van der Waals surface area contributed by atoms with E-state index in [2.05, 4.69) is 13.8 Å². The minimum Gasteiger partial charge on any atom is -0.382 e. The van der Waals surface area contributed by atoms with Gasteiger partial charge < -0.3 is 4.74 Å². The fourth-order valence-corrected chi connectivity index (χ4v) is 1.43. The molecule has 0 aliphatic carbocycles. The Labute approximate surface area is 83.9 Å². The van der Waals surface area contributed by atoms with Crippen molar-refractivity contribution in [3.63, 3.8) is 0 Å². The van der Waals surface area contributed by atoms with Crippen molar-refractivity contribution in [1.29, 1.82) is 0 Å². The number of hydrogen-bond acceptors (Lipinski definition) is 1. The highest BCUT2D eigenvalue weighted by atomic mass is 16.5. The fourth-order valence-electron chi connectivity index (χ4n) is 1.43. The second-order valence-electron chi connectivity index (χ2n) is 3.81. The molecule has 0 spiro atoms. The molecule has 0 fully saturated rings. The van der Waals surface area contributed by atoms with Crippen molar-refractivity contribution in [2.24, 2.45) is 0 Å². The molecule has 0 rings (SSSR count). The van der Waals surface area contributed by atoms with E-state index in [1.165, 1.54) is 44.9 Å². The van der Waals surface area contributed by atoms with Gasteiger partial charge in [0.1, 0.15) is 0 Å². The molecule has 0 aromatic heterocycles. The van der Waals surface area contributed by atoms with Crippen LogP contribution in [0.1, 0.15) is 58.3 Å². The Kier molecular flexibility index (Phi) is 10.0. The average Bonchev–Trinajstić information content (AvgIpc) is 2.16. The van der Waals surface area contributed by atoms with Gasteiger partial charge in [0.05, 0.1) is 6.10 Å². The summed E-state index contributed by atoms with van der Waals surface area (Å²) in [5, 5.41) is 0. The molecule has 0 saturated heterocycles. The van der Waals surface area contributed by atoms with Gasteiger partial charge in [-0.05, 0) is 13.3 Å². The zero-order valence-electron chi connectivity index (χ0n) is 9.35. The standard InChI is InChI=1S/C12H25O/c1-4-5-6-7-8-9-10-11-12(2)13-3/h12H,1,4-11H2,2-3H3. The maximum Gasteiger partial charge on any atom is 0.0543 e. The maximum absolute atomic E-state index is 5.19. The molecule has 0 aliphatic heterocycles. The van der Waals surface area contributed by atoms with E-state index in [0.29, 0.717) is 6.10 Å². The average molecular weight is 185 g/mol. The van der Waals surface area contributed by atoms with E-state index in [-0.39, 0.29) is 0 Å². The van der Waals surface area contributed by atoms with Crippen molar-refractivity contribution in [1.82, 2.24) is 0 Å². The number of ether oxygens (including phenoxy) is 1. The molecule has 0 amide bonds. The van der Waals surface area contributed by atoms with Gasteiger partial charge in [-0.2, -0.15) is 0 Å². The minimum absolute atomic E-state index is 0.444. The highest BCUT2D eigenvalue weighted by Gasteiger charge is 1.97. The highest BCUT2D eigenvalue weighted by Crippen LogP contribution is 2.10. The summed E-state index contributed by atoms with van der Waals surface area (Å²) < 4.78 is 5.19. The third kappa shape index (κ3) is 9.88. The van der Waals surface area contributed by atoms with E-state index in [1.807, 2.05) is 0 Å². The molecule has 0 N–H and O–H groups in total. The first kappa shape index (κ1) is 13.0. The van der Waals surface area contributed by atoms with Gasteiger partial charge in [-0.25, -0.2) is 0 Å². The lowest BCUT2D eigenvalue weighted by atomic mass is 10.1. The van der Waals surface area contributed by atoms with E-state index >= 15 is 0 Å². The van der Waals surface area contributed by atoms with Crippen molar-refractivity contribution < 1.29 is 4.74 Å². The second-order valence-corrected chi connectivity index (χ2v) is 3.81. The summed E-state index contributed by atoms with van der Waals surface area (Å²) in [5.74, 6) is 0. The third-order valence-corrected chi connectivity index (χ3v) is 2.51. The van der Waals surface area contributed by atoms with Crippen molar-refractivity contribution >= 4 is 0 Å². The number of unbranched alkanes of at least 4 members (excludes halogenated alkanes) is 6. The topological polar surface area (TPSA) is 9.23 Å². The third-order valence-electron chi connectivity index (χ3n) is 2.51. The number of hydrogen-bond donors (Lipinski definition) is 0. The van der Waals surface area contributed by atoms with E-state index in [9.17, 15) is 0 Å². The van der Waals surface area contributed by atoms with Gasteiger partial charge in [0.15, 0.2) is 0 Å². The van der Waals surface area contributed by atoms with Crippen LogP contribution in [0.4, 0.5) is 0 Å². The van der Waals surface area contributed by atoms with Crippen LogP contribution in [-0.4, -0.2) is 13.2 Å². The van der Waals surface area contributed by atoms with Gasteiger partial charge in [0, 0.05) is 7.11 Å². The molecule has 0 aromatic rings. The number of rotatable bonds is 9. The molecular weight excluding hydrogens is 160 g/mol. The van der Waals surface area contributed by atoms with Gasteiger partial charge in [-0.15, -0.1) is 0 Å². The van der Waals surface area contributed by atoms with Crippen LogP contribution < -0.4 is 0 Å². The summed E-state index contributed by atoms with van der Waals surface area (Å²) in [4.78, 5) is 0. The predicted octanol–water partition coefficient (Wildman–Crippen LogP) is 3.98. The van der Waals surface area contributed by atoms with Crippen LogP contribution in [0.5, 0.6) is 0 Å². The lowest BCUT2D eigenvalue weighted by molar-refractivity contribution is 0.108. The second kappa shape index (κ2) is 10.0. The zero-order chi connectivity index (χ0) is 9.94. The van der Waals surface area contributed by atoms with Gasteiger partial charge in [0.2, 0.25) is 0 Å². The smallest absolute Gasteiger partial charge is 0.0543 e. The SMILES string of the molecule is [CH2]CCCCCCCCC(C)OC. The van der Waals surface area contributed by atoms with Gasteiger partial charge >= 0.3 is 0 Å². The summed E-state index contributed by atoms with van der Waals surface area (Å²) in [5.41, 5.74) is 0. The van der Waals surface area contributed by atoms with Crippen molar-refractivity contribution in [3.05, 3.63) is 6.92 Å². The van der Waals surface area contributed by atoms with Crippen molar-refractivity contribution in [2.45, 2.75) is 64.4 Å². The Balaban J connectivity index is 2.91. The quantitative estimate of drug-likeness (QED) is 0.494. The van der Waals surface area contributed by atoms with Crippen LogP contribution in [0.3, 0.4) is 0 Å². The number of methoxy groups -OCH3 is 1. The van der Waals surface area contributed by atoms with Gasteiger partial charge in [0.25, 0.3) is 0 Å². The minimum atomic E-state index is 0.444. The molecule has 1 nitrogen and oxygen atoms in total. The largest absolute Gasteiger partial charge is 0.382 e. The molecule has 0 aliphatic rings. The highest BCUT2D eigenvalue weighted by molar-refractivity contribution is 4.51. The molecule has 1 unspecified atom stereocenters. The summed E-state index contributed by atoms with van der Waals surface area (Å²) in [6.07, 6.45) is 10.9. The monoisotopic (exact) mass is 185 g/mol. The normalized spacial score (nSPS) is 13.2. The van der Waals surface area contributed by atoms with Crippen molar-refractivity contribution in [2.75, 3.05) is 7.11 Å². The van der Waals surface area contributed by atoms with E-state index in [1.54, 1.807) is 7.11 Å². The lowest BCUT2D eigenvalue weighted by Gasteiger charge is -2.08. The Bertz CT molecular complexity index is 91.1. The molecule has 1 radical (unpaired) electrons. The summed E-state index contributed by atoms with van der Waals surface area (Å²) in [6.45, 7) is 5.98. The first-order chi connectivity index (χ1) is 6.31. The summed E-state index contributed by atoms with van der Waals surface area (Å²) in [7, 11) is 1.79. The Morgan fingerprint density at radius 2 is 1.54 bits per heavy atom. The zero-order valence-corrected chi connectivity index (χ0v) is 9.35. The first-order valence-electron chi connectivity index (χ1n) is 5.63. The fraction of sp³-hybridized carbons (Fsp3) is 0.917. The van der Waals surface area contributed by atoms with Crippen LogP contribution in [0.25, 0.3) is 0 Å². The molecule has 79 valence electrons. The lowest BCUT2D eigenvalue weighted by Crippen LogP contribution is -2.03. The maximum atomic E-state index is 5.19. The molecule has 0 saturated carbocycles. The van der Waals surface area contributed by atoms with Crippen LogP contribution in [-0.2, 0) is 4.74 Å². The molecule has 0 bridgehead atoms. The predicted molar refractivity (Wildman–Crippen MR) is 58.8 cm³/mol. The van der Waals surface area contributed by atoms with Crippen LogP contribution in [0, 0.1) is 6.92 Å². The molecule has 1 atom stereocenters. The van der Waals surface area contributed by atoms with Gasteiger partial charge in [-0.3, -0.25) is 0 Å². The van der Waals surface area contributed by atoms with E-state index in [0.717, 1.165) is 6.42 Å². The first-order valence-corrected chi connectivity index (χ1v) is 5.63. The van der Waals surface area contributed by atoms with Crippen LogP contribution in [0.2, 0.25) is 0 Å². The Morgan fingerprint density at radius 3 is 2.08 bits per heavy atom. The molecule has 1 heteroatoms. The Hall–Kier alpha value is -0.0400. The summed E-state index contributed by atoms with van der Waals surface area (Å²) in [6, 6.07) is 0. The Morgan fingerprint density at radius 1 is 1.00 bits per heavy atom. The van der Waals surface area contributed by atoms with Crippen molar-refractivity contribution in [3.8, 4) is 0 Å². The molecule has 13 heavy (non-hydrogen) atoms. The summed E-state index contributed by atoms with van der Waals surface area (Å²) >= 11 is 0. The van der Waals surface area contributed by atoms with Crippen LogP contribution >= 0.6 is 0 Å². The van der Waals surface area contributed by atoms with E-state index < -0.39 is 0 Å². The van der Waals surface area contributed by atoms with Crippen LogP contribution in [0.15, 0.2) is 0 Å². The molecule has 0 aromatic carbocycles. The molecular formula is C12H25O. The molecule has 0 heterocycles.